The second kappa shape index (κ2) is 6.68. The first-order chi connectivity index (χ1) is 12.9. The minimum atomic E-state index is 0.418. The van der Waals surface area contributed by atoms with E-state index in [0.29, 0.717) is 6.04 Å². The molecule has 1 aliphatic heterocycles. The van der Waals surface area contributed by atoms with E-state index in [0.717, 1.165) is 49.2 Å². The van der Waals surface area contributed by atoms with Crippen molar-refractivity contribution in [3.63, 3.8) is 0 Å². The molecule has 0 bridgehead atoms. The Labute approximate surface area is 153 Å². The van der Waals surface area contributed by atoms with Crippen molar-refractivity contribution < 1.29 is 0 Å². The third-order valence-corrected chi connectivity index (χ3v) is 5.69. The molecular formula is C20H24N6. The first-order valence-electron chi connectivity index (χ1n) is 9.67. The fourth-order valence-corrected chi connectivity index (χ4v) is 4.31. The molecular weight excluding hydrogens is 324 g/mol. The Balaban J connectivity index is 1.51. The maximum absolute atomic E-state index is 4.66. The van der Waals surface area contributed by atoms with E-state index in [-0.39, 0.29) is 0 Å². The van der Waals surface area contributed by atoms with Crippen molar-refractivity contribution in [2.24, 2.45) is 0 Å². The van der Waals surface area contributed by atoms with E-state index in [1.807, 2.05) is 6.20 Å². The minimum absolute atomic E-state index is 0.418. The van der Waals surface area contributed by atoms with Crippen LogP contribution in [0.2, 0.25) is 0 Å². The summed E-state index contributed by atoms with van der Waals surface area (Å²) in [4.78, 5) is 9.06. The molecule has 1 saturated heterocycles. The molecule has 3 heterocycles. The van der Waals surface area contributed by atoms with E-state index in [2.05, 4.69) is 48.6 Å². The van der Waals surface area contributed by atoms with Crippen LogP contribution in [0.3, 0.4) is 0 Å². The molecule has 2 aromatic heterocycles. The van der Waals surface area contributed by atoms with Gasteiger partial charge in [-0.25, -0.2) is 14.6 Å². The van der Waals surface area contributed by atoms with Gasteiger partial charge in [0.2, 0.25) is 0 Å². The number of aryl methyl sites for hydroxylation is 1. The average Bonchev–Trinajstić information content (AvgIpc) is 3.14. The predicted octanol–water partition coefficient (Wildman–Crippen LogP) is 3.37. The highest BCUT2D eigenvalue weighted by Crippen LogP contribution is 2.32. The molecule has 1 fully saturated rings. The molecule has 26 heavy (non-hydrogen) atoms. The van der Waals surface area contributed by atoms with E-state index >= 15 is 0 Å². The molecule has 0 atom stereocenters. The van der Waals surface area contributed by atoms with Crippen LogP contribution in [0.15, 0.2) is 30.7 Å². The summed E-state index contributed by atoms with van der Waals surface area (Å²) in [5.74, 6) is 0.856. The maximum atomic E-state index is 4.66. The summed E-state index contributed by atoms with van der Waals surface area (Å²) in [6.45, 7) is 2.08. The number of fused-ring (bicyclic) bond motifs is 2. The number of piperidine rings is 1. The molecule has 0 saturated carbocycles. The van der Waals surface area contributed by atoms with Crippen LogP contribution in [0.4, 0.5) is 11.5 Å². The van der Waals surface area contributed by atoms with Crippen LogP contribution in [0.1, 0.15) is 42.9 Å². The number of anilines is 2. The topological polar surface area (TPSA) is 67.7 Å². The van der Waals surface area contributed by atoms with Crippen LogP contribution in [-0.2, 0) is 12.8 Å². The number of nitrogens with zero attached hydrogens (tertiary/aromatic N) is 4. The summed E-state index contributed by atoms with van der Waals surface area (Å²) in [6, 6.07) is 6.98. The highest BCUT2D eigenvalue weighted by Gasteiger charge is 2.20. The lowest BCUT2D eigenvalue weighted by atomic mass is 9.90. The number of benzene rings is 1. The fourth-order valence-electron chi connectivity index (χ4n) is 4.31. The van der Waals surface area contributed by atoms with Gasteiger partial charge in [-0.1, -0.05) is 12.1 Å². The molecule has 6 nitrogen and oxygen atoms in total. The molecule has 2 aliphatic rings. The highest BCUT2D eigenvalue weighted by molar-refractivity contribution is 5.88. The van der Waals surface area contributed by atoms with Crippen molar-refractivity contribution in [1.29, 1.82) is 0 Å². The van der Waals surface area contributed by atoms with Crippen LogP contribution in [0.25, 0.3) is 11.0 Å². The van der Waals surface area contributed by atoms with Gasteiger partial charge in [-0.15, -0.1) is 0 Å². The summed E-state index contributed by atoms with van der Waals surface area (Å²) >= 11 is 0. The van der Waals surface area contributed by atoms with E-state index in [4.69, 9.17) is 0 Å². The van der Waals surface area contributed by atoms with Crippen LogP contribution in [-0.4, -0.2) is 32.8 Å². The maximum Gasteiger partial charge on any atom is 0.163 e. The minimum Gasteiger partial charge on any atom is -0.339 e. The van der Waals surface area contributed by atoms with Gasteiger partial charge in [0.1, 0.15) is 12.1 Å². The van der Waals surface area contributed by atoms with Gasteiger partial charge in [-0.3, -0.25) is 0 Å². The Kier molecular flexibility index (Phi) is 4.05. The lowest BCUT2D eigenvalue weighted by molar-refractivity contribution is 0.349. The molecule has 1 aliphatic carbocycles. The van der Waals surface area contributed by atoms with Crippen molar-refractivity contribution in [3.8, 4) is 0 Å². The van der Waals surface area contributed by atoms with Gasteiger partial charge in [0.25, 0.3) is 0 Å². The molecule has 3 aromatic rings. The van der Waals surface area contributed by atoms with Crippen molar-refractivity contribution in [2.45, 2.75) is 44.6 Å². The largest absolute Gasteiger partial charge is 0.339 e. The monoisotopic (exact) mass is 348 g/mol. The number of nitrogens with one attached hydrogen (secondary N) is 2. The van der Waals surface area contributed by atoms with Gasteiger partial charge < -0.3 is 10.6 Å². The summed E-state index contributed by atoms with van der Waals surface area (Å²) in [5, 5.41) is 12.6. The third kappa shape index (κ3) is 2.74. The number of aromatic nitrogens is 4. The molecule has 5 rings (SSSR count). The lowest BCUT2D eigenvalue weighted by Gasteiger charge is -2.23. The van der Waals surface area contributed by atoms with Crippen LogP contribution in [0, 0.1) is 0 Å². The highest BCUT2D eigenvalue weighted by atomic mass is 15.3. The molecule has 0 amide bonds. The summed E-state index contributed by atoms with van der Waals surface area (Å²) < 4.78 is 2.09. The van der Waals surface area contributed by atoms with Crippen LogP contribution < -0.4 is 10.6 Å². The van der Waals surface area contributed by atoms with Crippen LogP contribution in [0.5, 0.6) is 0 Å². The quantitative estimate of drug-likeness (QED) is 0.759. The van der Waals surface area contributed by atoms with Crippen molar-refractivity contribution >= 4 is 22.5 Å². The zero-order valence-electron chi connectivity index (χ0n) is 14.9. The van der Waals surface area contributed by atoms with Crippen molar-refractivity contribution in [1.82, 2.24) is 25.1 Å². The summed E-state index contributed by atoms with van der Waals surface area (Å²) in [5.41, 5.74) is 5.02. The first-order valence-corrected chi connectivity index (χ1v) is 9.67. The van der Waals surface area contributed by atoms with Gasteiger partial charge in [0.15, 0.2) is 5.65 Å². The van der Waals surface area contributed by atoms with E-state index in [1.165, 1.54) is 36.1 Å². The first kappa shape index (κ1) is 15.8. The zero-order chi connectivity index (χ0) is 17.3. The number of rotatable bonds is 3. The summed E-state index contributed by atoms with van der Waals surface area (Å²) in [7, 11) is 0. The second-order valence-corrected chi connectivity index (χ2v) is 7.31. The average molecular weight is 348 g/mol. The lowest BCUT2D eigenvalue weighted by Crippen LogP contribution is -2.29. The standard InChI is InChI=1S/C20H24N6/c1-2-6-16-14(4-1)5-3-7-18(16)25-19-17-12-24-26(20(17)23-13-22-19)15-8-10-21-11-9-15/h3,5,7,12-13,15,21H,1-2,4,6,8-11H2,(H,22,23,25). The zero-order valence-corrected chi connectivity index (χ0v) is 14.9. The van der Waals surface area contributed by atoms with Gasteiger partial charge in [-0.2, -0.15) is 5.10 Å². The van der Waals surface area contributed by atoms with Crippen molar-refractivity contribution in [2.75, 3.05) is 18.4 Å². The van der Waals surface area contributed by atoms with Crippen LogP contribution >= 0.6 is 0 Å². The Bertz CT molecular complexity index is 925. The number of hydrogen-bond acceptors (Lipinski definition) is 5. The van der Waals surface area contributed by atoms with E-state index < -0.39 is 0 Å². The van der Waals surface area contributed by atoms with Gasteiger partial charge in [0.05, 0.1) is 17.6 Å². The molecule has 6 heteroatoms. The third-order valence-electron chi connectivity index (χ3n) is 5.69. The fraction of sp³-hybridized carbons (Fsp3) is 0.450. The van der Waals surface area contributed by atoms with Gasteiger partial charge >= 0.3 is 0 Å². The number of hydrogen-bond donors (Lipinski definition) is 2. The molecule has 134 valence electrons. The normalized spacial score (nSPS) is 18.0. The molecule has 2 N–H and O–H groups in total. The Morgan fingerprint density at radius 2 is 1.96 bits per heavy atom. The molecule has 0 spiro atoms. The molecule has 0 unspecified atom stereocenters. The SMILES string of the molecule is c1cc2c(c(Nc3ncnc4c3cnn4C3CCNCC3)c1)CCCC2. The second-order valence-electron chi connectivity index (χ2n) is 7.31. The molecule has 1 aromatic carbocycles. The smallest absolute Gasteiger partial charge is 0.163 e. The molecule has 0 radical (unpaired) electrons. The summed E-state index contributed by atoms with van der Waals surface area (Å²) in [6.07, 6.45) is 10.6. The van der Waals surface area contributed by atoms with Gasteiger partial charge in [0, 0.05) is 5.69 Å². The van der Waals surface area contributed by atoms with Gasteiger partial charge in [-0.05, 0) is 68.8 Å². The van der Waals surface area contributed by atoms with E-state index in [9.17, 15) is 0 Å². The predicted molar refractivity (Wildman–Crippen MR) is 103 cm³/mol. The Morgan fingerprint density at radius 1 is 1.08 bits per heavy atom. The Hall–Kier alpha value is -2.47. The Morgan fingerprint density at radius 3 is 2.88 bits per heavy atom. The van der Waals surface area contributed by atoms with E-state index in [1.54, 1.807) is 6.33 Å². The van der Waals surface area contributed by atoms with Crippen molar-refractivity contribution in [3.05, 3.63) is 41.9 Å².